The van der Waals surface area contributed by atoms with Gasteiger partial charge < -0.3 is 15.3 Å². The lowest BCUT2D eigenvalue weighted by molar-refractivity contribution is 0.0698. The summed E-state index contributed by atoms with van der Waals surface area (Å²) in [5, 5.41) is 11.8. The summed E-state index contributed by atoms with van der Waals surface area (Å²) in [6.07, 6.45) is 0. The first kappa shape index (κ1) is 16.0. The Hall–Kier alpha value is -2.04. The molecular weight excluding hydrogens is 256 g/mol. The zero-order chi connectivity index (χ0) is 15.3. The Labute approximate surface area is 119 Å². The Kier molecular flexibility index (Phi) is 5.55. The molecule has 5 heteroatoms. The van der Waals surface area contributed by atoms with Gasteiger partial charge in [-0.15, -0.1) is 0 Å². The van der Waals surface area contributed by atoms with Crippen LogP contribution in [0.2, 0.25) is 0 Å². The molecule has 0 bridgehead atoms. The van der Waals surface area contributed by atoms with Crippen LogP contribution in [-0.2, 0) is 0 Å². The molecule has 1 rings (SSSR count). The second kappa shape index (κ2) is 6.93. The van der Waals surface area contributed by atoms with E-state index in [0.717, 1.165) is 0 Å². The van der Waals surface area contributed by atoms with Crippen LogP contribution in [0.1, 0.15) is 38.1 Å². The standard InChI is InChI=1S/C15H22N2O3/c1-10(2)9-17(11(3)4)15(20)16-13-8-6-5-7-12(13)14(18)19/h5-8,10-11H,9H2,1-4H3,(H,16,20)(H,18,19). The van der Waals surface area contributed by atoms with Crippen LogP contribution in [-0.4, -0.2) is 34.6 Å². The molecule has 0 aromatic heterocycles. The predicted octanol–water partition coefficient (Wildman–Crippen LogP) is 3.28. The van der Waals surface area contributed by atoms with Crippen molar-refractivity contribution in [2.75, 3.05) is 11.9 Å². The molecule has 1 aromatic carbocycles. The van der Waals surface area contributed by atoms with Crippen LogP contribution in [0.3, 0.4) is 0 Å². The number of carbonyl (C=O) groups excluding carboxylic acids is 1. The minimum atomic E-state index is -1.05. The molecule has 0 atom stereocenters. The highest BCUT2D eigenvalue weighted by atomic mass is 16.4. The zero-order valence-corrected chi connectivity index (χ0v) is 12.4. The normalized spacial score (nSPS) is 10.7. The number of anilines is 1. The molecule has 0 unspecified atom stereocenters. The van der Waals surface area contributed by atoms with Gasteiger partial charge in [0.1, 0.15) is 0 Å². The van der Waals surface area contributed by atoms with E-state index in [1.165, 1.54) is 6.07 Å². The third kappa shape index (κ3) is 4.26. The topological polar surface area (TPSA) is 69.6 Å². The van der Waals surface area contributed by atoms with E-state index < -0.39 is 5.97 Å². The Bertz CT molecular complexity index is 484. The van der Waals surface area contributed by atoms with E-state index in [4.69, 9.17) is 5.11 Å². The highest BCUT2D eigenvalue weighted by Crippen LogP contribution is 2.16. The van der Waals surface area contributed by atoms with Crippen LogP contribution < -0.4 is 5.32 Å². The van der Waals surface area contributed by atoms with Crippen molar-refractivity contribution >= 4 is 17.7 Å². The maximum atomic E-state index is 12.3. The number of rotatable bonds is 5. The highest BCUT2D eigenvalue weighted by Gasteiger charge is 2.20. The summed E-state index contributed by atoms with van der Waals surface area (Å²) >= 11 is 0. The predicted molar refractivity (Wildman–Crippen MR) is 79.1 cm³/mol. The number of hydrogen-bond donors (Lipinski definition) is 2. The van der Waals surface area contributed by atoms with Crippen molar-refractivity contribution in [3.05, 3.63) is 29.8 Å². The molecule has 0 radical (unpaired) electrons. The molecular formula is C15H22N2O3. The van der Waals surface area contributed by atoms with E-state index in [0.29, 0.717) is 18.2 Å². The van der Waals surface area contributed by atoms with Gasteiger partial charge in [0, 0.05) is 12.6 Å². The quantitative estimate of drug-likeness (QED) is 0.868. The van der Waals surface area contributed by atoms with E-state index in [9.17, 15) is 9.59 Å². The summed E-state index contributed by atoms with van der Waals surface area (Å²) in [5.74, 6) is -0.710. The Morgan fingerprint density at radius 2 is 1.80 bits per heavy atom. The Morgan fingerprint density at radius 3 is 2.30 bits per heavy atom. The molecule has 0 aliphatic rings. The summed E-state index contributed by atoms with van der Waals surface area (Å²) in [7, 11) is 0. The van der Waals surface area contributed by atoms with Crippen molar-refractivity contribution < 1.29 is 14.7 Å². The van der Waals surface area contributed by atoms with Crippen molar-refractivity contribution in [3.8, 4) is 0 Å². The molecule has 5 nitrogen and oxygen atoms in total. The van der Waals surface area contributed by atoms with Crippen LogP contribution in [0.15, 0.2) is 24.3 Å². The lowest BCUT2D eigenvalue weighted by Crippen LogP contribution is -2.42. The average Bonchev–Trinajstić information content (AvgIpc) is 2.35. The SMILES string of the molecule is CC(C)CN(C(=O)Nc1ccccc1C(=O)O)C(C)C. The summed E-state index contributed by atoms with van der Waals surface area (Å²) < 4.78 is 0. The van der Waals surface area contributed by atoms with Crippen molar-refractivity contribution in [3.63, 3.8) is 0 Å². The second-order valence-corrected chi connectivity index (χ2v) is 5.42. The molecule has 0 fully saturated rings. The zero-order valence-electron chi connectivity index (χ0n) is 12.4. The monoisotopic (exact) mass is 278 g/mol. The average molecular weight is 278 g/mol. The molecule has 0 aliphatic carbocycles. The third-order valence-corrected chi connectivity index (χ3v) is 2.85. The Morgan fingerprint density at radius 1 is 1.20 bits per heavy atom. The minimum absolute atomic E-state index is 0.0504. The number of carboxylic acids is 1. The number of urea groups is 1. The van der Waals surface area contributed by atoms with Crippen molar-refractivity contribution in [2.45, 2.75) is 33.7 Å². The number of carbonyl (C=O) groups is 2. The first-order valence-corrected chi connectivity index (χ1v) is 6.72. The van der Waals surface area contributed by atoms with Gasteiger partial charge in [-0.1, -0.05) is 26.0 Å². The molecule has 0 spiro atoms. The van der Waals surface area contributed by atoms with Crippen LogP contribution in [0.25, 0.3) is 0 Å². The van der Waals surface area contributed by atoms with Gasteiger partial charge in [0.2, 0.25) is 0 Å². The number of nitrogens with zero attached hydrogens (tertiary/aromatic N) is 1. The molecule has 110 valence electrons. The summed E-state index contributed by atoms with van der Waals surface area (Å²) in [6.45, 7) is 8.57. The second-order valence-electron chi connectivity index (χ2n) is 5.42. The van der Waals surface area contributed by atoms with Gasteiger partial charge in [0.05, 0.1) is 11.3 Å². The molecule has 2 amide bonds. The number of benzene rings is 1. The van der Waals surface area contributed by atoms with Crippen molar-refractivity contribution in [2.24, 2.45) is 5.92 Å². The van der Waals surface area contributed by atoms with Crippen LogP contribution >= 0.6 is 0 Å². The number of nitrogens with one attached hydrogen (secondary N) is 1. The molecule has 20 heavy (non-hydrogen) atoms. The number of aromatic carboxylic acids is 1. The third-order valence-electron chi connectivity index (χ3n) is 2.85. The first-order chi connectivity index (χ1) is 9.32. The largest absolute Gasteiger partial charge is 0.478 e. The van der Waals surface area contributed by atoms with E-state index in [1.807, 2.05) is 27.7 Å². The fourth-order valence-corrected chi connectivity index (χ4v) is 1.89. The summed E-state index contributed by atoms with van der Waals surface area (Å²) in [5.41, 5.74) is 0.411. The van der Waals surface area contributed by atoms with E-state index in [1.54, 1.807) is 23.1 Å². The van der Waals surface area contributed by atoms with Gasteiger partial charge in [-0.2, -0.15) is 0 Å². The fraction of sp³-hybridized carbons (Fsp3) is 0.467. The van der Waals surface area contributed by atoms with Crippen molar-refractivity contribution in [1.29, 1.82) is 0 Å². The Balaban J connectivity index is 2.91. The van der Waals surface area contributed by atoms with Crippen LogP contribution in [0, 0.1) is 5.92 Å². The van der Waals surface area contributed by atoms with Gasteiger partial charge in [-0.05, 0) is 31.9 Å². The fourth-order valence-electron chi connectivity index (χ4n) is 1.89. The van der Waals surface area contributed by atoms with Crippen LogP contribution in [0.4, 0.5) is 10.5 Å². The van der Waals surface area contributed by atoms with Gasteiger partial charge in [0.15, 0.2) is 0 Å². The molecule has 0 saturated carbocycles. The smallest absolute Gasteiger partial charge is 0.337 e. The minimum Gasteiger partial charge on any atom is -0.478 e. The van der Waals surface area contributed by atoms with Gasteiger partial charge in [0.25, 0.3) is 0 Å². The summed E-state index contributed by atoms with van der Waals surface area (Å²) in [4.78, 5) is 25.1. The number of para-hydroxylation sites is 1. The lowest BCUT2D eigenvalue weighted by Gasteiger charge is -2.28. The summed E-state index contributed by atoms with van der Waals surface area (Å²) in [6, 6.07) is 6.17. The lowest BCUT2D eigenvalue weighted by atomic mass is 10.1. The van der Waals surface area contributed by atoms with Crippen molar-refractivity contribution in [1.82, 2.24) is 4.90 Å². The van der Waals surface area contributed by atoms with Gasteiger partial charge in [-0.25, -0.2) is 9.59 Å². The first-order valence-electron chi connectivity index (χ1n) is 6.72. The van der Waals surface area contributed by atoms with E-state index >= 15 is 0 Å². The highest BCUT2D eigenvalue weighted by molar-refractivity contribution is 6.00. The molecule has 0 aliphatic heterocycles. The van der Waals surface area contributed by atoms with Crippen LogP contribution in [0.5, 0.6) is 0 Å². The van der Waals surface area contributed by atoms with E-state index in [-0.39, 0.29) is 17.6 Å². The molecule has 0 heterocycles. The number of amides is 2. The molecule has 1 aromatic rings. The molecule has 0 saturated heterocycles. The van der Waals surface area contributed by atoms with Gasteiger partial charge >= 0.3 is 12.0 Å². The molecule has 2 N–H and O–H groups in total. The maximum absolute atomic E-state index is 12.3. The number of hydrogen-bond acceptors (Lipinski definition) is 2. The number of carboxylic acid groups (broad SMARTS) is 1. The van der Waals surface area contributed by atoms with Gasteiger partial charge in [-0.3, -0.25) is 0 Å². The maximum Gasteiger partial charge on any atom is 0.337 e. The van der Waals surface area contributed by atoms with E-state index in [2.05, 4.69) is 5.32 Å².